The second kappa shape index (κ2) is 25.5. The number of hydrogen-bond donors (Lipinski definition) is 0. The lowest BCUT2D eigenvalue weighted by molar-refractivity contribution is -0.695. The number of allylic oxidation sites excluding steroid dienone is 5. The number of carbonyl (C=O) groups is 2. The zero-order valence-electron chi connectivity index (χ0n) is 33.0. The van der Waals surface area contributed by atoms with Crippen LogP contribution < -0.4 is 14.4 Å². The van der Waals surface area contributed by atoms with Gasteiger partial charge in [0.05, 0.1) is 11.5 Å². The van der Waals surface area contributed by atoms with Crippen molar-refractivity contribution in [3.8, 4) is 0 Å². The number of pyridine rings is 1. The van der Waals surface area contributed by atoms with Crippen molar-refractivity contribution in [2.75, 3.05) is 82.2 Å². The van der Waals surface area contributed by atoms with Crippen molar-refractivity contribution in [1.82, 2.24) is 9.80 Å². The molecule has 0 saturated carbocycles. The molecule has 2 aromatic carbocycles. The molecule has 0 unspecified atom stereocenters. The Morgan fingerprint density at radius 3 is 1.69 bits per heavy atom. The third-order valence-electron chi connectivity index (χ3n) is 8.81. The van der Waals surface area contributed by atoms with Crippen LogP contribution in [-0.2, 0) is 16.1 Å². The van der Waals surface area contributed by atoms with E-state index in [9.17, 15) is 9.59 Å². The summed E-state index contributed by atoms with van der Waals surface area (Å²) >= 11 is 0. The molecule has 288 valence electrons. The van der Waals surface area contributed by atoms with E-state index in [-0.39, 0.29) is 11.8 Å². The van der Waals surface area contributed by atoms with Gasteiger partial charge in [-0.15, -0.1) is 0 Å². The van der Waals surface area contributed by atoms with Gasteiger partial charge >= 0.3 is 0 Å². The molecule has 8 nitrogen and oxygen atoms in total. The first-order valence-corrected chi connectivity index (χ1v) is 21.2. The Morgan fingerprint density at radius 1 is 0.630 bits per heavy atom. The number of aromatic nitrogens is 1. The lowest BCUT2D eigenvalue weighted by Gasteiger charge is -2.22. The van der Waals surface area contributed by atoms with E-state index in [1.165, 1.54) is 27.3 Å². The van der Waals surface area contributed by atoms with Gasteiger partial charge in [0, 0.05) is 96.7 Å². The molecule has 54 heavy (non-hydrogen) atoms. The fourth-order valence-corrected chi connectivity index (χ4v) is 7.28. The number of hydrogen-bond acceptors (Lipinski definition) is 7. The molecule has 0 N–H and O–H groups in total. The summed E-state index contributed by atoms with van der Waals surface area (Å²) in [7, 11) is 10.8. The number of aryl methyl sites for hydroxylation is 1. The van der Waals surface area contributed by atoms with Crippen LogP contribution >= 0.6 is 21.6 Å². The molecule has 0 fully saturated rings. The number of aliphatic imine (C=N–C) groups is 1. The van der Waals surface area contributed by atoms with Crippen LogP contribution in [0.1, 0.15) is 43.5 Å². The molecule has 0 aliphatic rings. The van der Waals surface area contributed by atoms with Crippen molar-refractivity contribution in [3.05, 3.63) is 120 Å². The Hall–Kier alpha value is -4.54. The van der Waals surface area contributed by atoms with E-state index in [2.05, 4.69) is 132 Å². The van der Waals surface area contributed by atoms with Gasteiger partial charge in [-0.3, -0.25) is 14.6 Å². The summed E-state index contributed by atoms with van der Waals surface area (Å²) in [5.41, 5.74) is 5.77. The van der Waals surface area contributed by atoms with Gasteiger partial charge in [0.1, 0.15) is 6.54 Å². The molecular weight excluding hydrogens is 709 g/mol. The highest BCUT2D eigenvalue weighted by molar-refractivity contribution is 8.77. The van der Waals surface area contributed by atoms with Gasteiger partial charge in [-0.25, -0.2) is 0 Å². The maximum atomic E-state index is 12.7. The summed E-state index contributed by atoms with van der Waals surface area (Å²) in [4.78, 5) is 37.6. The zero-order chi connectivity index (χ0) is 39.0. The molecule has 0 aliphatic carbocycles. The molecule has 2 amide bonds. The minimum absolute atomic E-state index is 0.0821. The van der Waals surface area contributed by atoms with E-state index in [1.54, 1.807) is 16.0 Å². The quantitative estimate of drug-likeness (QED) is 0.0320. The van der Waals surface area contributed by atoms with Crippen LogP contribution in [0.2, 0.25) is 0 Å². The van der Waals surface area contributed by atoms with Gasteiger partial charge in [0.2, 0.25) is 17.5 Å². The molecular formula is C44H59N6O2S2+. The molecule has 0 bridgehead atoms. The zero-order valence-corrected chi connectivity index (χ0v) is 34.6. The number of benzene rings is 2. The lowest BCUT2D eigenvalue weighted by atomic mass is 10.1. The third-order valence-corrected chi connectivity index (χ3v) is 10.9. The van der Waals surface area contributed by atoms with E-state index < -0.39 is 0 Å². The molecule has 10 heteroatoms. The second-order valence-electron chi connectivity index (χ2n) is 12.9. The Kier molecular flexibility index (Phi) is 20.7. The number of anilines is 2. The monoisotopic (exact) mass is 767 g/mol. The highest BCUT2D eigenvalue weighted by Gasteiger charge is 2.13. The molecule has 0 spiro atoms. The van der Waals surface area contributed by atoms with Crippen LogP contribution in [0.5, 0.6) is 0 Å². The van der Waals surface area contributed by atoms with Crippen LogP contribution in [0, 0.1) is 0 Å². The van der Waals surface area contributed by atoms with Crippen LogP contribution in [0.3, 0.4) is 0 Å². The van der Waals surface area contributed by atoms with Crippen LogP contribution in [-0.4, -0.2) is 100 Å². The van der Waals surface area contributed by atoms with Gasteiger partial charge in [-0.2, -0.15) is 4.57 Å². The third kappa shape index (κ3) is 16.6. The van der Waals surface area contributed by atoms with E-state index in [0.29, 0.717) is 24.6 Å². The summed E-state index contributed by atoms with van der Waals surface area (Å²) < 4.78 is 2.22. The van der Waals surface area contributed by atoms with Crippen LogP contribution in [0.4, 0.5) is 11.4 Å². The van der Waals surface area contributed by atoms with Gasteiger partial charge in [0.25, 0.3) is 0 Å². The lowest BCUT2D eigenvalue weighted by Crippen LogP contribution is -2.34. The SMILES string of the molecule is CCN=C\C=C/C=C/C=C/c1ccc(N(C)CCCN(C)C(=O)CSSCC(=O)N(C)CCCN(C)c2ccc(/C=C/c3cccc[n+]3CC)cc2)cc1. The largest absolute Gasteiger partial charge is 0.375 e. The summed E-state index contributed by atoms with van der Waals surface area (Å²) in [6, 6.07) is 23.3. The van der Waals surface area contributed by atoms with E-state index in [4.69, 9.17) is 0 Å². The Balaban J connectivity index is 1.26. The van der Waals surface area contributed by atoms with Crippen LogP contribution in [0.25, 0.3) is 18.2 Å². The molecule has 1 heterocycles. The fourth-order valence-electron chi connectivity index (χ4n) is 5.37. The summed E-state index contributed by atoms with van der Waals surface area (Å²) in [5, 5.41) is 0. The van der Waals surface area contributed by atoms with Crippen molar-refractivity contribution in [1.29, 1.82) is 0 Å². The van der Waals surface area contributed by atoms with E-state index >= 15 is 0 Å². The number of carbonyl (C=O) groups excluding carboxylic acids is 2. The molecule has 3 rings (SSSR count). The van der Waals surface area contributed by atoms with Crippen molar-refractivity contribution < 1.29 is 14.2 Å². The van der Waals surface area contributed by atoms with E-state index in [1.807, 2.05) is 51.4 Å². The standard InChI is InChI=1S/C44H59N6O2S2/c1-7-45-30-14-11-9-10-12-18-38-20-25-40(26-21-38)46(3)31-16-33-48(5)43(51)36-53-54-37-44(52)49(6)34-17-32-47(4)41-27-22-39(23-28-41)24-29-42-19-13-15-35-50(42)8-2/h9-15,18-30,35H,7-8,16-17,31-34,36-37H2,1-6H3/q+1/b10-9+,14-11-,18-12+,45-30?. The first kappa shape index (κ1) is 43.9. The first-order chi connectivity index (χ1) is 26.2. The topological polar surface area (TPSA) is 63.3 Å². The Bertz CT molecular complexity index is 1700. The highest BCUT2D eigenvalue weighted by Crippen LogP contribution is 2.22. The van der Waals surface area contributed by atoms with Crippen molar-refractivity contribution in [3.63, 3.8) is 0 Å². The van der Waals surface area contributed by atoms with E-state index in [0.717, 1.165) is 61.5 Å². The van der Waals surface area contributed by atoms with Gasteiger partial charge in [-0.1, -0.05) is 76.2 Å². The molecule has 0 atom stereocenters. The molecule has 0 saturated heterocycles. The summed E-state index contributed by atoms with van der Waals surface area (Å²) in [6.07, 6.45) is 21.9. The number of amides is 2. The Labute approximate surface area is 332 Å². The highest BCUT2D eigenvalue weighted by atomic mass is 33.1. The molecule has 1 aromatic heterocycles. The average molecular weight is 768 g/mol. The normalized spacial score (nSPS) is 11.8. The number of nitrogens with zero attached hydrogens (tertiary/aromatic N) is 6. The van der Waals surface area contributed by atoms with Gasteiger partial charge < -0.3 is 19.6 Å². The molecule has 3 aromatic rings. The minimum atomic E-state index is 0.0821. The smallest absolute Gasteiger partial charge is 0.233 e. The average Bonchev–Trinajstić information content (AvgIpc) is 3.19. The summed E-state index contributed by atoms with van der Waals surface area (Å²) in [5.74, 6) is 0.872. The maximum absolute atomic E-state index is 12.7. The predicted molar refractivity (Wildman–Crippen MR) is 236 cm³/mol. The maximum Gasteiger partial charge on any atom is 0.233 e. The summed E-state index contributed by atoms with van der Waals surface area (Å²) in [6.45, 7) is 8.96. The van der Waals surface area contributed by atoms with Crippen molar-refractivity contribution >= 4 is 69.2 Å². The fraction of sp³-hybridized carbons (Fsp3) is 0.364. The Morgan fingerprint density at radius 2 is 1.15 bits per heavy atom. The van der Waals surface area contributed by atoms with Gasteiger partial charge in [-0.05, 0) is 80.3 Å². The van der Waals surface area contributed by atoms with Gasteiger partial charge in [0.15, 0.2) is 6.20 Å². The molecule has 0 radical (unpaired) electrons. The second-order valence-corrected chi connectivity index (χ2v) is 15.4. The van der Waals surface area contributed by atoms with Crippen molar-refractivity contribution in [2.45, 2.75) is 33.2 Å². The molecule has 0 aliphatic heterocycles. The van der Waals surface area contributed by atoms with Crippen LogP contribution in [0.15, 0.2) is 108 Å². The first-order valence-electron chi connectivity index (χ1n) is 18.7. The number of rotatable bonds is 23. The minimum Gasteiger partial charge on any atom is -0.375 e. The van der Waals surface area contributed by atoms with Crippen molar-refractivity contribution in [2.24, 2.45) is 4.99 Å². The predicted octanol–water partition coefficient (Wildman–Crippen LogP) is 8.03.